The lowest BCUT2D eigenvalue weighted by atomic mass is 9.99. The van der Waals surface area contributed by atoms with Crippen molar-refractivity contribution < 1.29 is 13.7 Å². The van der Waals surface area contributed by atoms with E-state index in [0.717, 1.165) is 63.6 Å². The van der Waals surface area contributed by atoms with Crippen LogP contribution in [0.3, 0.4) is 0 Å². The number of benzene rings is 1. The topological polar surface area (TPSA) is 107 Å². The van der Waals surface area contributed by atoms with Crippen LogP contribution < -0.4 is 10.0 Å². The molecular weight excluding hydrogens is 438 g/mol. The van der Waals surface area contributed by atoms with Crippen LogP contribution in [0.1, 0.15) is 54.9 Å². The van der Waals surface area contributed by atoms with Crippen molar-refractivity contribution in [2.24, 2.45) is 4.36 Å². The van der Waals surface area contributed by atoms with Crippen LogP contribution in [0, 0.1) is 11.5 Å². The van der Waals surface area contributed by atoms with Gasteiger partial charge in [-0.15, -0.1) is 0 Å². The number of amides is 2. The first kappa shape index (κ1) is 23.7. The van der Waals surface area contributed by atoms with Gasteiger partial charge in [0.1, 0.15) is 0 Å². The van der Waals surface area contributed by atoms with Gasteiger partial charge < -0.3 is 10.1 Å². The largest absolute Gasteiger partial charge is 0.375 e. The summed E-state index contributed by atoms with van der Waals surface area (Å²) >= 11 is 0. The second-order valence-electron chi connectivity index (χ2n) is 9.46. The van der Waals surface area contributed by atoms with Crippen LogP contribution in [0.25, 0.3) is 0 Å². The smallest absolute Gasteiger partial charge is 0.331 e. The van der Waals surface area contributed by atoms with Crippen molar-refractivity contribution in [1.82, 2.24) is 9.62 Å². The zero-order valence-electron chi connectivity index (χ0n) is 19.5. The molecule has 2 atom stereocenters. The highest BCUT2D eigenvalue weighted by atomic mass is 32.2. The van der Waals surface area contributed by atoms with Crippen molar-refractivity contribution in [3.63, 3.8) is 0 Å². The zero-order valence-corrected chi connectivity index (χ0v) is 20.3. The summed E-state index contributed by atoms with van der Waals surface area (Å²) in [6, 6.07) is 1.67. The fourth-order valence-corrected chi connectivity index (χ4v) is 6.20. The van der Waals surface area contributed by atoms with Crippen molar-refractivity contribution in [2.45, 2.75) is 63.8 Å². The number of nitrogens with zero attached hydrogens (tertiary/aromatic N) is 3. The standard InChI is InChI=1S/C24H33N5O3S/c1-24(11-5-12-29(24)2)16-32-13-6-14-33(31,26-17-25)28-23(30)27-22-20-9-3-7-18(20)15-19-8-4-10-21(19)22/h6,14-15H,3-5,7-13,16H2,1-2H3,(H2,26,27,28,30,31)/b14-6+/t24-,33?/m0/s1. The summed E-state index contributed by atoms with van der Waals surface area (Å²) < 4.78 is 24.7. The molecule has 8 nitrogen and oxygen atoms in total. The van der Waals surface area contributed by atoms with Gasteiger partial charge in [-0.2, -0.15) is 5.26 Å². The average molecular weight is 472 g/mol. The van der Waals surface area contributed by atoms with E-state index >= 15 is 0 Å². The number of urea groups is 1. The minimum atomic E-state index is -3.38. The molecule has 2 aliphatic carbocycles. The van der Waals surface area contributed by atoms with Crippen LogP contribution in [0.2, 0.25) is 0 Å². The molecule has 0 aromatic heterocycles. The Kier molecular flexibility index (Phi) is 7.07. The maximum Gasteiger partial charge on any atom is 0.331 e. The number of hydrogen-bond donors (Lipinski definition) is 2. The number of ether oxygens (including phenoxy) is 1. The van der Waals surface area contributed by atoms with E-state index in [2.05, 4.69) is 39.3 Å². The molecular formula is C24H33N5O3S. The molecule has 3 aliphatic rings. The summed E-state index contributed by atoms with van der Waals surface area (Å²) in [5.74, 6) is 0. The van der Waals surface area contributed by atoms with Gasteiger partial charge in [0.2, 0.25) is 6.19 Å². The van der Waals surface area contributed by atoms with Gasteiger partial charge >= 0.3 is 6.03 Å². The normalized spacial score (nSPS) is 23.7. The van der Waals surface area contributed by atoms with Gasteiger partial charge in [-0.25, -0.2) is 13.7 Å². The number of anilines is 1. The Bertz CT molecular complexity index is 1080. The van der Waals surface area contributed by atoms with E-state index in [1.165, 1.54) is 27.7 Å². The Labute approximate surface area is 196 Å². The fourth-order valence-electron chi connectivity index (χ4n) is 5.24. The lowest BCUT2D eigenvalue weighted by Gasteiger charge is -2.31. The third-order valence-electron chi connectivity index (χ3n) is 7.17. The summed E-state index contributed by atoms with van der Waals surface area (Å²) in [4.78, 5) is 15.1. The number of carbonyl (C=O) groups excluding carboxylic acids is 1. The van der Waals surface area contributed by atoms with Crippen LogP contribution >= 0.6 is 0 Å². The van der Waals surface area contributed by atoms with E-state index in [9.17, 15) is 9.00 Å². The maximum absolute atomic E-state index is 13.1. The van der Waals surface area contributed by atoms with E-state index in [1.54, 1.807) is 12.3 Å². The van der Waals surface area contributed by atoms with Gasteiger partial charge in [0.05, 0.1) is 13.2 Å². The number of hydrogen-bond acceptors (Lipinski definition) is 6. The van der Waals surface area contributed by atoms with Gasteiger partial charge in [-0.05, 0) is 100 Å². The molecule has 1 saturated heterocycles. The first-order valence-corrected chi connectivity index (χ1v) is 13.3. The summed E-state index contributed by atoms with van der Waals surface area (Å²) in [7, 11) is -1.29. The molecule has 2 N–H and O–H groups in total. The molecule has 0 saturated carbocycles. The van der Waals surface area contributed by atoms with Crippen molar-refractivity contribution in [3.8, 4) is 6.19 Å². The number of aryl methyl sites for hydroxylation is 2. The van der Waals surface area contributed by atoms with Gasteiger partial charge in [-0.1, -0.05) is 10.4 Å². The molecule has 0 radical (unpaired) electrons. The molecule has 4 rings (SSSR count). The Balaban J connectivity index is 1.40. The number of nitriles is 1. The van der Waals surface area contributed by atoms with Crippen LogP contribution in [0.5, 0.6) is 0 Å². The second kappa shape index (κ2) is 9.84. The molecule has 1 aromatic carbocycles. The highest BCUT2D eigenvalue weighted by Gasteiger charge is 2.33. The first-order chi connectivity index (χ1) is 15.8. The summed E-state index contributed by atoms with van der Waals surface area (Å²) in [5.41, 5.74) is 5.82. The molecule has 1 aromatic rings. The van der Waals surface area contributed by atoms with Crippen LogP contribution in [0.15, 0.2) is 21.9 Å². The predicted octanol–water partition coefficient (Wildman–Crippen LogP) is 3.66. The van der Waals surface area contributed by atoms with Crippen molar-refractivity contribution in [3.05, 3.63) is 39.8 Å². The molecule has 9 heteroatoms. The summed E-state index contributed by atoms with van der Waals surface area (Å²) in [6.07, 6.45) is 11.4. The third-order valence-corrected chi connectivity index (χ3v) is 8.56. The molecule has 2 amide bonds. The Morgan fingerprint density at radius 2 is 1.97 bits per heavy atom. The number of fused-ring (bicyclic) bond motifs is 2. The monoisotopic (exact) mass is 471 g/mol. The highest BCUT2D eigenvalue weighted by molar-refractivity contribution is 7.95. The summed E-state index contributed by atoms with van der Waals surface area (Å²) in [5, 5.41) is 13.2. The molecule has 1 heterocycles. The first-order valence-electron chi connectivity index (χ1n) is 11.7. The van der Waals surface area contributed by atoms with Crippen molar-refractivity contribution >= 4 is 21.6 Å². The summed E-state index contributed by atoms with van der Waals surface area (Å²) in [6.45, 7) is 4.01. The molecule has 0 spiro atoms. The van der Waals surface area contributed by atoms with Crippen LogP contribution in [0.4, 0.5) is 10.5 Å². The minimum Gasteiger partial charge on any atom is -0.375 e. The minimum absolute atomic E-state index is 0.000612. The fraction of sp³-hybridized carbons (Fsp3) is 0.583. The molecule has 0 bridgehead atoms. The SMILES string of the molecule is CN1CCC[C@@]1(C)COC/C=C/S(=O)(=NC#N)NC(=O)Nc1c2c(cc3c1CCC3)CCC2. The number of likely N-dealkylation sites (N-methyl/N-ethyl adjacent to an activating group) is 1. The van der Waals surface area contributed by atoms with Crippen molar-refractivity contribution in [2.75, 3.05) is 32.1 Å². The number of carbonyl (C=O) groups is 1. The Morgan fingerprint density at radius 3 is 2.58 bits per heavy atom. The van der Waals surface area contributed by atoms with Gasteiger partial charge in [0.15, 0.2) is 9.92 Å². The molecule has 33 heavy (non-hydrogen) atoms. The van der Waals surface area contributed by atoms with E-state index in [1.807, 2.05) is 0 Å². The van der Waals surface area contributed by atoms with Crippen LogP contribution in [-0.2, 0) is 40.3 Å². The zero-order chi connectivity index (χ0) is 23.5. The Morgan fingerprint density at radius 1 is 1.27 bits per heavy atom. The van der Waals surface area contributed by atoms with E-state index in [0.29, 0.717) is 6.61 Å². The molecule has 178 valence electrons. The third kappa shape index (κ3) is 5.24. The quantitative estimate of drug-likeness (QED) is 0.466. The lowest BCUT2D eigenvalue weighted by molar-refractivity contribution is 0.0492. The Hall–Kier alpha value is -2.41. The average Bonchev–Trinajstić information content (AvgIpc) is 3.49. The number of nitrogens with one attached hydrogen (secondary N) is 2. The second-order valence-corrected chi connectivity index (χ2v) is 11.3. The predicted molar refractivity (Wildman–Crippen MR) is 129 cm³/mol. The van der Waals surface area contributed by atoms with Gasteiger partial charge in [-0.3, -0.25) is 4.90 Å². The maximum atomic E-state index is 13.1. The number of rotatable bonds is 7. The van der Waals surface area contributed by atoms with Crippen molar-refractivity contribution in [1.29, 1.82) is 5.26 Å². The van der Waals surface area contributed by atoms with E-state index in [4.69, 9.17) is 10.00 Å². The van der Waals surface area contributed by atoms with E-state index < -0.39 is 15.9 Å². The lowest BCUT2D eigenvalue weighted by Crippen LogP contribution is -2.42. The van der Waals surface area contributed by atoms with Gasteiger partial charge in [0.25, 0.3) is 0 Å². The van der Waals surface area contributed by atoms with Gasteiger partial charge in [0, 0.05) is 16.6 Å². The number of likely N-dealkylation sites (tertiary alicyclic amines) is 1. The molecule has 1 unspecified atom stereocenters. The molecule has 1 fully saturated rings. The van der Waals surface area contributed by atoms with E-state index in [-0.39, 0.29) is 12.1 Å². The molecule has 1 aliphatic heterocycles. The highest BCUT2D eigenvalue weighted by Crippen LogP contribution is 2.38. The van der Waals surface area contributed by atoms with Crippen LogP contribution in [-0.4, -0.2) is 47.5 Å².